The van der Waals surface area contributed by atoms with Gasteiger partial charge >= 0.3 is 0 Å². The van der Waals surface area contributed by atoms with Crippen molar-refractivity contribution in [2.75, 3.05) is 23.7 Å². The van der Waals surface area contributed by atoms with Crippen LogP contribution in [0.15, 0.2) is 36.4 Å². The molecule has 0 spiro atoms. The van der Waals surface area contributed by atoms with Gasteiger partial charge in [0.2, 0.25) is 10.0 Å². The van der Waals surface area contributed by atoms with Gasteiger partial charge in [-0.2, -0.15) is 5.26 Å². The second kappa shape index (κ2) is 7.69. The predicted octanol–water partition coefficient (Wildman–Crippen LogP) is 4.31. The number of methoxy groups -OCH3 is 1. The van der Waals surface area contributed by atoms with Gasteiger partial charge < -0.3 is 9.30 Å². The number of sulfonamides is 1. The average Bonchev–Trinajstić information content (AvgIpc) is 3.31. The van der Waals surface area contributed by atoms with Crippen molar-refractivity contribution in [3.05, 3.63) is 47.5 Å². The van der Waals surface area contributed by atoms with Crippen LogP contribution in [0.4, 0.5) is 5.69 Å². The van der Waals surface area contributed by atoms with Crippen LogP contribution in [-0.2, 0) is 23.0 Å². The van der Waals surface area contributed by atoms with Crippen molar-refractivity contribution in [3.63, 3.8) is 0 Å². The van der Waals surface area contributed by atoms with E-state index in [-0.39, 0.29) is 5.75 Å². The summed E-state index contributed by atoms with van der Waals surface area (Å²) in [5, 5.41) is 10.8. The highest BCUT2D eigenvalue weighted by Crippen LogP contribution is 2.39. The Morgan fingerprint density at radius 1 is 1.17 bits per heavy atom. The maximum absolute atomic E-state index is 12.6. The Balaban J connectivity index is 1.88. The van der Waals surface area contributed by atoms with Crippen LogP contribution in [0.5, 0.6) is 5.75 Å². The molecule has 30 heavy (non-hydrogen) atoms. The number of aromatic nitrogens is 1. The van der Waals surface area contributed by atoms with Gasteiger partial charge in [0.05, 0.1) is 35.3 Å². The van der Waals surface area contributed by atoms with E-state index in [4.69, 9.17) is 4.74 Å². The summed E-state index contributed by atoms with van der Waals surface area (Å²) in [6, 6.07) is 14.0. The SMILES string of the molecule is CCCS(=O)(=O)N1CCc2cc(-c3c(C#N)c4ccc(OC)cc4n3CC)ccc21. The number of nitriles is 1. The topological polar surface area (TPSA) is 75.3 Å². The zero-order valence-corrected chi connectivity index (χ0v) is 18.3. The second-order valence-electron chi connectivity index (χ2n) is 7.44. The van der Waals surface area contributed by atoms with E-state index in [1.54, 1.807) is 7.11 Å². The first-order valence-corrected chi connectivity index (χ1v) is 11.8. The number of rotatable bonds is 6. The number of anilines is 1. The Bertz CT molecular complexity index is 1270. The van der Waals surface area contributed by atoms with Crippen molar-refractivity contribution in [3.8, 4) is 23.1 Å². The van der Waals surface area contributed by atoms with Crippen LogP contribution < -0.4 is 9.04 Å². The molecule has 6 nitrogen and oxygen atoms in total. The van der Waals surface area contributed by atoms with Crippen LogP contribution in [0, 0.1) is 11.3 Å². The maximum atomic E-state index is 12.6. The molecule has 7 heteroatoms. The van der Waals surface area contributed by atoms with Gasteiger partial charge in [0.1, 0.15) is 11.8 Å². The minimum absolute atomic E-state index is 0.151. The highest BCUT2D eigenvalue weighted by molar-refractivity contribution is 7.92. The molecule has 0 saturated heterocycles. The predicted molar refractivity (Wildman–Crippen MR) is 119 cm³/mol. The summed E-state index contributed by atoms with van der Waals surface area (Å²) < 4.78 is 34.2. The van der Waals surface area contributed by atoms with Gasteiger partial charge in [-0.15, -0.1) is 0 Å². The molecule has 3 aromatic rings. The average molecular weight is 424 g/mol. The molecular weight excluding hydrogens is 398 g/mol. The number of hydrogen-bond donors (Lipinski definition) is 0. The summed E-state index contributed by atoms with van der Waals surface area (Å²) in [4.78, 5) is 0. The molecule has 1 aliphatic rings. The molecule has 1 aliphatic heterocycles. The van der Waals surface area contributed by atoms with Crippen molar-refractivity contribution in [1.29, 1.82) is 5.26 Å². The zero-order chi connectivity index (χ0) is 21.5. The molecule has 0 amide bonds. The van der Waals surface area contributed by atoms with Gasteiger partial charge in [-0.25, -0.2) is 8.42 Å². The van der Waals surface area contributed by atoms with Gasteiger partial charge in [0.25, 0.3) is 0 Å². The molecule has 0 atom stereocenters. The van der Waals surface area contributed by atoms with E-state index in [2.05, 4.69) is 17.6 Å². The molecule has 0 radical (unpaired) electrons. The Hall–Kier alpha value is -2.98. The minimum atomic E-state index is -3.29. The van der Waals surface area contributed by atoms with Crippen LogP contribution in [0.25, 0.3) is 22.2 Å². The summed E-state index contributed by atoms with van der Waals surface area (Å²) in [7, 11) is -1.66. The summed E-state index contributed by atoms with van der Waals surface area (Å²) in [6.07, 6.45) is 1.27. The van der Waals surface area contributed by atoms with E-state index in [0.29, 0.717) is 31.5 Å². The van der Waals surface area contributed by atoms with E-state index < -0.39 is 10.0 Å². The Kier molecular flexibility index (Phi) is 5.20. The number of benzene rings is 2. The highest BCUT2D eigenvalue weighted by Gasteiger charge is 2.29. The Morgan fingerprint density at radius 2 is 1.97 bits per heavy atom. The van der Waals surface area contributed by atoms with Crippen molar-refractivity contribution in [2.45, 2.75) is 33.2 Å². The van der Waals surface area contributed by atoms with Crippen LogP contribution in [-0.4, -0.2) is 32.4 Å². The lowest BCUT2D eigenvalue weighted by atomic mass is 10.0. The van der Waals surface area contributed by atoms with Crippen LogP contribution in [0.2, 0.25) is 0 Å². The van der Waals surface area contributed by atoms with Gasteiger partial charge in [-0.1, -0.05) is 13.0 Å². The third kappa shape index (κ3) is 3.12. The summed E-state index contributed by atoms with van der Waals surface area (Å²) in [5.41, 5.74) is 5.13. The molecule has 0 fully saturated rings. The van der Waals surface area contributed by atoms with E-state index >= 15 is 0 Å². The third-order valence-corrected chi connectivity index (χ3v) is 7.68. The quantitative estimate of drug-likeness (QED) is 0.592. The molecule has 0 N–H and O–H groups in total. The van der Waals surface area contributed by atoms with Crippen molar-refractivity contribution >= 4 is 26.6 Å². The van der Waals surface area contributed by atoms with E-state index in [1.165, 1.54) is 4.31 Å². The standard InChI is InChI=1S/C23H25N3O3S/c1-4-12-30(27,28)26-11-10-16-13-17(6-9-21(16)26)23-20(15-24)19-8-7-18(29-3)14-22(19)25(23)5-2/h6-9,13-14H,4-5,10-12H2,1-3H3. The maximum Gasteiger partial charge on any atom is 0.235 e. The number of fused-ring (bicyclic) bond motifs is 2. The first kappa shape index (κ1) is 20.3. The highest BCUT2D eigenvalue weighted by atomic mass is 32.2. The van der Waals surface area contributed by atoms with E-state index in [9.17, 15) is 13.7 Å². The monoisotopic (exact) mass is 423 g/mol. The fraction of sp³-hybridized carbons (Fsp3) is 0.348. The molecule has 0 saturated carbocycles. The van der Waals surface area contributed by atoms with Crippen LogP contribution >= 0.6 is 0 Å². The number of aryl methyl sites for hydroxylation is 1. The molecule has 2 aromatic carbocycles. The Labute approximate surface area is 177 Å². The lowest BCUT2D eigenvalue weighted by molar-refractivity contribution is 0.415. The molecule has 0 bridgehead atoms. The largest absolute Gasteiger partial charge is 0.497 e. The second-order valence-corrected chi connectivity index (χ2v) is 9.46. The smallest absolute Gasteiger partial charge is 0.235 e. The summed E-state index contributed by atoms with van der Waals surface area (Å²) in [5.74, 6) is 0.898. The van der Waals surface area contributed by atoms with Gasteiger partial charge in [-0.05, 0) is 55.2 Å². The van der Waals surface area contributed by atoms with Gasteiger partial charge in [-0.3, -0.25) is 4.31 Å². The molecule has 0 unspecified atom stereocenters. The number of ether oxygens (including phenoxy) is 1. The molecule has 0 aliphatic carbocycles. The van der Waals surface area contributed by atoms with Crippen molar-refractivity contribution in [2.24, 2.45) is 0 Å². The first-order chi connectivity index (χ1) is 14.4. The van der Waals surface area contributed by atoms with Crippen molar-refractivity contribution in [1.82, 2.24) is 4.57 Å². The third-order valence-electron chi connectivity index (χ3n) is 5.70. The number of nitrogens with zero attached hydrogens (tertiary/aromatic N) is 3. The fourth-order valence-corrected chi connectivity index (χ4v) is 5.96. The zero-order valence-electron chi connectivity index (χ0n) is 17.5. The van der Waals surface area contributed by atoms with Crippen LogP contribution in [0.1, 0.15) is 31.4 Å². The molecule has 4 rings (SSSR count). The lowest BCUT2D eigenvalue weighted by Gasteiger charge is -2.19. The van der Waals surface area contributed by atoms with Crippen LogP contribution in [0.3, 0.4) is 0 Å². The van der Waals surface area contributed by atoms with E-state index in [0.717, 1.165) is 39.2 Å². The molecule has 1 aromatic heterocycles. The normalized spacial score (nSPS) is 13.5. The minimum Gasteiger partial charge on any atom is -0.497 e. The van der Waals surface area contributed by atoms with Gasteiger partial charge in [0.15, 0.2) is 0 Å². The van der Waals surface area contributed by atoms with Crippen molar-refractivity contribution < 1.29 is 13.2 Å². The molecule has 2 heterocycles. The molecular formula is C23H25N3O3S. The van der Waals surface area contributed by atoms with Gasteiger partial charge in [0, 0.05) is 24.5 Å². The fourth-order valence-electron chi connectivity index (χ4n) is 4.37. The first-order valence-electron chi connectivity index (χ1n) is 10.2. The summed E-state index contributed by atoms with van der Waals surface area (Å²) >= 11 is 0. The lowest BCUT2D eigenvalue weighted by Crippen LogP contribution is -2.31. The number of hydrogen-bond acceptors (Lipinski definition) is 4. The Morgan fingerprint density at radius 3 is 2.63 bits per heavy atom. The van der Waals surface area contributed by atoms with E-state index in [1.807, 2.05) is 43.3 Å². The summed E-state index contributed by atoms with van der Waals surface area (Å²) in [6.45, 7) is 5.10. The molecule has 156 valence electrons.